The van der Waals surface area contributed by atoms with E-state index in [2.05, 4.69) is 28.5 Å². The molecule has 1 aliphatic heterocycles. The van der Waals surface area contributed by atoms with E-state index < -0.39 is 42.4 Å². The predicted octanol–water partition coefficient (Wildman–Crippen LogP) is 7.61. The maximum absolute atomic E-state index is 13.6. The molecule has 0 saturated heterocycles. The topological polar surface area (TPSA) is 107 Å². The second kappa shape index (κ2) is 19.4. The number of fused-ring (bicyclic) bond motifs is 1. The van der Waals surface area contributed by atoms with Crippen molar-refractivity contribution in [3.8, 4) is 0 Å². The van der Waals surface area contributed by atoms with Gasteiger partial charge in [-0.05, 0) is 30.9 Å². The third-order valence-electron chi connectivity index (χ3n) is 8.99. The molecular weight excluding hydrogens is 573 g/mol. The minimum Gasteiger partial charge on any atom is -0.466 e. The van der Waals surface area contributed by atoms with Crippen LogP contribution >= 0.6 is 0 Å². The number of allylic oxidation sites excluding steroid dienone is 1. The number of oxime groups is 1. The number of esters is 1. The molecule has 3 rings (SSSR count). The smallest absolute Gasteiger partial charge is 0.308 e. The summed E-state index contributed by atoms with van der Waals surface area (Å²) in [5.41, 5.74) is 1.89. The van der Waals surface area contributed by atoms with Crippen molar-refractivity contribution in [2.75, 3.05) is 13.3 Å². The van der Waals surface area contributed by atoms with Crippen molar-refractivity contribution in [3.05, 3.63) is 35.2 Å². The molecule has 0 spiro atoms. The number of nitrogens with one attached hydrogen (secondary N) is 1. The molecule has 0 saturated carbocycles. The molecule has 9 heteroatoms. The Bertz CT molecular complexity index is 1170. The van der Waals surface area contributed by atoms with Crippen molar-refractivity contribution in [2.24, 2.45) is 11.1 Å². The number of nitrogens with zero attached hydrogens (tertiary/aromatic N) is 2. The fourth-order valence-corrected chi connectivity index (χ4v) is 6.01. The number of Topliss-reactive ketones (excluding diaryl/α,β-unsaturated/α-hetero) is 1. The first-order valence-electron chi connectivity index (χ1n) is 17.3. The van der Waals surface area contributed by atoms with Crippen LogP contribution in [0.25, 0.3) is 6.08 Å². The molecule has 1 unspecified atom stereocenters. The molecule has 250 valence electrons. The number of carbonyl (C=O) groups excluding carboxylic acids is 3. The number of aromatic nitrogens is 1. The quantitative estimate of drug-likeness (QED) is 0.105. The van der Waals surface area contributed by atoms with Gasteiger partial charge in [0.15, 0.2) is 5.78 Å². The molecule has 8 nitrogen and oxygen atoms in total. The molecule has 2 heterocycles. The van der Waals surface area contributed by atoms with E-state index in [0.29, 0.717) is 11.4 Å². The van der Waals surface area contributed by atoms with Crippen molar-refractivity contribution in [2.45, 2.75) is 142 Å². The molecule has 1 amide bonds. The van der Waals surface area contributed by atoms with Gasteiger partial charge in [-0.25, -0.2) is 4.39 Å². The van der Waals surface area contributed by atoms with Crippen LogP contribution in [0.15, 0.2) is 23.5 Å². The summed E-state index contributed by atoms with van der Waals surface area (Å²) in [6, 6.07) is 0.627. The summed E-state index contributed by atoms with van der Waals surface area (Å²) in [5.74, 6) is -2.48. The van der Waals surface area contributed by atoms with E-state index in [4.69, 9.17) is 9.57 Å². The predicted molar refractivity (Wildman–Crippen MR) is 176 cm³/mol. The summed E-state index contributed by atoms with van der Waals surface area (Å²) in [6.07, 6.45) is 23.2. The highest BCUT2D eigenvalue weighted by Gasteiger charge is 2.51. The lowest BCUT2D eigenvalue weighted by atomic mass is 9.83. The van der Waals surface area contributed by atoms with E-state index in [0.717, 1.165) is 43.2 Å². The van der Waals surface area contributed by atoms with Crippen LogP contribution in [0.4, 0.5) is 4.39 Å². The third kappa shape index (κ3) is 11.0. The number of hydrogen-bond donors (Lipinski definition) is 1. The highest BCUT2D eigenvalue weighted by atomic mass is 19.1. The first-order valence-corrected chi connectivity index (χ1v) is 17.3. The van der Waals surface area contributed by atoms with E-state index in [1.54, 1.807) is 6.20 Å². The van der Waals surface area contributed by atoms with Crippen LogP contribution in [0.2, 0.25) is 0 Å². The van der Waals surface area contributed by atoms with E-state index >= 15 is 0 Å². The van der Waals surface area contributed by atoms with Crippen LogP contribution < -0.4 is 5.32 Å². The minimum absolute atomic E-state index is 0.133. The van der Waals surface area contributed by atoms with Crippen molar-refractivity contribution in [3.63, 3.8) is 0 Å². The highest BCUT2D eigenvalue weighted by Crippen LogP contribution is 2.35. The van der Waals surface area contributed by atoms with Gasteiger partial charge in [-0.2, -0.15) is 0 Å². The van der Waals surface area contributed by atoms with Crippen molar-refractivity contribution < 1.29 is 28.3 Å². The number of ketones is 1. The molecule has 1 aliphatic carbocycles. The Kier molecular flexibility index (Phi) is 15.7. The largest absolute Gasteiger partial charge is 0.466 e. The van der Waals surface area contributed by atoms with Crippen LogP contribution in [0.1, 0.15) is 140 Å². The second-order valence-electron chi connectivity index (χ2n) is 12.8. The number of carbonyl (C=O) groups is 3. The number of aryl methyl sites for hydroxylation is 1. The Morgan fingerprint density at radius 2 is 1.64 bits per heavy atom. The average Bonchev–Trinajstić information content (AvgIpc) is 3.51. The van der Waals surface area contributed by atoms with Gasteiger partial charge in [-0.1, -0.05) is 115 Å². The molecule has 2 aliphatic rings. The molecule has 1 aromatic rings. The fraction of sp³-hybridized carbons (Fsp3) is 0.694. The summed E-state index contributed by atoms with van der Waals surface area (Å²) >= 11 is 0. The summed E-state index contributed by atoms with van der Waals surface area (Å²) in [5, 5.41) is 6.84. The average molecular weight is 628 g/mol. The monoisotopic (exact) mass is 627 g/mol. The fourth-order valence-electron chi connectivity index (χ4n) is 6.01. The first-order chi connectivity index (χ1) is 21.8. The van der Waals surface area contributed by atoms with E-state index in [9.17, 15) is 18.8 Å². The zero-order valence-electron chi connectivity index (χ0n) is 27.7. The van der Waals surface area contributed by atoms with Gasteiger partial charge >= 0.3 is 5.97 Å². The third-order valence-corrected chi connectivity index (χ3v) is 8.99. The van der Waals surface area contributed by atoms with Crippen LogP contribution in [-0.4, -0.2) is 53.3 Å². The molecule has 0 aromatic carbocycles. The van der Waals surface area contributed by atoms with Gasteiger partial charge in [0, 0.05) is 24.1 Å². The van der Waals surface area contributed by atoms with Crippen LogP contribution in [0.5, 0.6) is 0 Å². The molecule has 45 heavy (non-hydrogen) atoms. The zero-order valence-corrected chi connectivity index (χ0v) is 27.7. The molecule has 0 bridgehead atoms. The highest BCUT2D eigenvalue weighted by molar-refractivity contribution is 6.07. The van der Waals surface area contributed by atoms with Crippen molar-refractivity contribution in [1.29, 1.82) is 0 Å². The lowest BCUT2D eigenvalue weighted by molar-refractivity contribution is -0.153. The van der Waals surface area contributed by atoms with Gasteiger partial charge in [-0.3, -0.25) is 19.4 Å². The van der Waals surface area contributed by atoms with E-state index in [-0.39, 0.29) is 18.9 Å². The summed E-state index contributed by atoms with van der Waals surface area (Å²) in [7, 11) is 0. The SMILES string of the molecule is CCCCCCCCCCCCCCCOC(=O)C[C@H](NC(=O)C1(C(C)C)CC(c2nccc3c2C=CCC3)=NO1)C(=O)CF. The first kappa shape index (κ1) is 36.4. The molecule has 0 radical (unpaired) electrons. The van der Waals surface area contributed by atoms with Gasteiger partial charge in [0.25, 0.3) is 5.91 Å². The van der Waals surface area contributed by atoms with Crippen molar-refractivity contribution in [1.82, 2.24) is 10.3 Å². The normalized spacial score (nSPS) is 17.8. The Labute approximate surface area is 269 Å². The summed E-state index contributed by atoms with van der Waals surface area (Å²) in [4.78, 5) is 48.9. The Balaban J connectivity index is 1.41. The minimum atomic E-state index is -1.43. The molecule has 2 atom stereocenters. The maximum Gasteiger partial charge on any atom is 0.308 e. The Morgan fingerprint density at radius 3 is 2.27 bits per heavy atom. The molecular formula is C36H54FN3O5. The van der Waals surface area contributed by atoms with Gasteiger partial charge in [-0.15, -0.1) is 0 Å². The second-order valence-corrected chi connectivity index (χ2v) is 12.8. The Hall–Kier alpha value is -3.10. The summed E-state index contributed by atoms with van der Waals surface area (Å²) < 4.78 is 18.8. The van der Waals surface area contributed by atoms with Gasteiger partial charge < -0.3 is 14.9 Å². The van der Waals surface area contributed by atoms with Crippen LogP contribution in [0, 0.1) is 5.92 Å². The lowest BCUT2D eigenvalue weighted by Crippen LogP contribution is -2.55. The van der Waals surface area contributed by atoms with E-state index in [1.165, 1.54) is 64.2 Å². The maximum atomic E-state index is 13.6. The number of pyridine rings is 1. The zero-order chi connectivity index (χ0) is 32.5. The van der Waals surface area contributed by atoms with E-state index in [1.807, 2.05) is 26.0 Å². The summed E-state index contributed by atoms with van der Waals surface area (Å²) in [6.45, 7) is 4.82. The standard InChI is InChI=1S/C36H54FN3O5/c1-4-5-6-7-8-9-10-11-12-13-14-15-18-23-44-33(42)24-30(32(41)26-37)39-35(43)36(27(2)3)25-31(40-45-36)34-29-20-17-16-19-28(29)21-22-38-34/h17,20-22,27,30H,4-16,18-19,23-26H2,1-3H3,(H,39,43)/t30-,36?/m0/s1. The lowest BCUT2D eigenvalue weighted by Gasteiger charge is -2.30. The van der Waals surface area contributed by atoms with Gasteiger partial charge in [0.1, 0.15) is 18.4 Å². The number of halogens is 1. The van der Waals surface area contributed by atoms with Crippen LogP contribution in [-0.2, 0) is 30.4 Å². The number of rotatable bonds is 22. The number of amides is 1. The number of ether oxygens (including phenoxy) is 1. The van der Waals surface area contributed by atoms with Crippen molar-refractivity contribution >= 4 is 29.4 Å². The Morgan fingerprint density at radius 1 is 1.00 bits per heavy atom. The van der Waals surface area contributed by atoms with Gasteiger partial charge in [0.05, 0.1) is 18.7 Å². The molecule has 1 N–H and O–H groups in total. The van der Waals surface area contributed by atoms with Gasteiger partial charge in [0.2, 0.25) is 5.60 Å². The molecule has 0 fully saturated rings. The number of unbranched alkanes of at least 4 members (excludes halogenated alkanes) is 12. The number of alkyl halides is 1. The number of hydrogen-bond acceptors (Lipinski definition) is 7. The van der Waals surface area contributed by atoms with Crippen LogP contribution in [0.3, 0.4) is 0 Å². The molecule has 1 aromatic heterocycles.